The van der Waals surface area contributed by atoms with Gasteiger partial charge in [-0.1, -0.05) is 108 Å². The minimum atomic E-state index is -0.0626. The zero-order valence-corrected chi connectivity index (χ0v) is 20.9. The smallest absolute Gasteiger partial charge is 0.0880 e. The third-order valence-electron chi connectivity index (χ3n) is 6.96. The van der Waals surface area contributed by atoms with E-state index in [0.29, 0.717) is 11.4 Å². The van der Waals surface area contributed by atoms with E-state index in [0.717, 1.165) is 38.6 Å². The van der Waals surface area contributed by atoms with Crippen LogP contribution < -0.4 is 0 Å². The number of nitrogens with one attached hydrogen (secondary N) is 2. The molecule has 2 N–H and O–H groups in total. The van der Waals surface area contributed by atoms with Crippen molar-refractivity contribution in [3.05, 3.63) is 95.1 Å². The van der Waals surface area contributed by atoms with Gasteiger partial charge in [-0.05, 0) is 55.7 Å². The highest BCUT2D eigenvalue weighted by atomic mass is 14.6. The molecule has 0 spiro atoms. The van der Waals surface area contributed by atoms with E-state index in [1.54, 1.807) is 0 Å². The molecule has 0 fully saturated rings. The van der Waals surface area contributed by atoms with Gasteiger partial charge in [0.05, 0.1) is 11.4 Å². The van der Waals surface area contributed by atoms with Crippen molar-refractivity contribution in [2.45, 2.75) is 52.4 Å². The Balaban J connectivity index is 2.01. The molecule has 0 unspecified atom stereocenters. The summed E-state index contributed by atoms with van der Waals surface area (Å²) in [4.78, 5) is 0. The Labute approximate surface area is 202 Å². The predicted molar refractivity (Wildman–Crippen MR) is 146 cm³/mol. The summed E-state index contributed by atoms with van der Waals surface area (Å²) in [6.07, 6.45) is 0. The molecule has 0 bridgehead atoms. The Morgan fingerprint density at radius 2 is 1.03 bits per heavy atom. The van der Waals surface area contributed by atoms with E-state index in [4.69, 9.17) is 10.8 Å². The lowest BCUT2D eigenvalue weighted by Crippen LogP contribution is -2.15. The van der Waals surface area contributed by atoms with Crippen molar-refractivity contribution in [1.82, 2.24) is 0 Å². The molecule has 2 nitrogen and oxygen atoms in total. The Hall–Kier alpha value is -3.52. The molecular weight excluding hydrogens is 412 g/mol. The van der Waals surface area contributed by atoms with E-state index < -0.39 is 0 Å². The first kappa shape index (κ1) is 22.3. The predicted octanol–water partition coefficient (Wildman–Crippen LogP) is 8.52. The van der Waals surface area contributed by atoms with Crippen LogP contribution in [0.4, 0.5) is 0 Å². The Morgan fingerprint density at radius 1 is 0.500 bits per heavy atom. The number of benzene rings is 4. The van der Waals surface area contributed by atoms with Gasteiger partial charge in [0.2, 0.25) is 0 Å². The molecule has 0 aromatic heterocycles. The Morgan fingerprint density at radius 3 is 1.65 bits per heavy atom. The van der Waals surface area contributed by atoms with Gasteiger partial charge in [0.15, 0.2) is 0 Å². The summed E-state index contributed by atoms with van der Waals surface area (Å²) in [5, 5.41) is 19.9. The fourth-order valence-electron chi connectivity index (χ4n) is 5.39. The quantitative estimate of drug-likeness (QED) is 0.311. The van der Waals surface area contributed by atoms with Crippen molar-refractivity contribution >= 4 is 22.2 Å². The second kappa shape index (κ2) is 7.50. The summed E-state index contributed by atoms with van der Waals surface area (Å²) in [5.41, 5.74) is 9.41. The molecule has 5 rings (SSSR count). The molecule has 0 radical (unpaired) electrons. The molecule has 0 aliphatic heterocycles. The van der Waals surface area contributed by atoms with Crippen LogP contribution in [0.5, 0.6) is 0 Å². The van der Waals surface area contributed by atoms with E-state index >= 15 is 0 Å². The maximum Gasteiger partial charge on any atom is 0.0880 e. The summed E-state index contributed by atoms with van der Waals surface area (Å²) in [5.74, 6) is 0. The second-order valence-electron chi connectivity index (χ2n) is 11.4. The minimum Gasteiger partial charge on any atom is -0.298 e. The fourth-order valence-corrected chi connectivity index (χ4v) is 5.39. The number of hydrogen-bond acceptors (Lipinski definition) is 2. The van der Waals surface area contributed by atoms with Crippen LogP contribution in [-0.2, 0) is 10.8 Å². The van der Waals surface area contributed by atoms with E-state index in [9.17, 15) is 0 Å². The average molecular weight is 445 g/mol. The van der Waals surface area contributed by atoms with Crippen molar-refractivity contribution in [2.75, 3.05) is 0 Å². The number of rotatable bonds is 2. The van der Waals surface area contributed by atoms with E-state index in [-0.39, 0.29) is 10.8 Å². The van der Waals surface area contributed by atoms with Crippen molar-refractivity contribution in [3.63, 3.8) is 0 Å². The lowest BCUT2D eigenvalue weighted by molar-refractivity contribution is 0.591. The molecular formula is C32H32N2. The molecule has 1 aliphatic carbocycles. The lowest BCUT2D eigenvalue weighted by atomic mass is 9.76. The van der Waals surface area contributed by atoms with Crippen molar-refractivity contribution < 1.29 is 0 Å². The molecule has 0 atom stereocenters. The highest BCUT2D eigenvalue weighted by molar-refractivity contribution is 6.60. The van der Waals surface area contributed by atoms with Gasteiger partial charge in [0, 0.05) is 16.5 Å². The van der Waals surface area contributed by atoms with Crippen LogP contribution in [0.2, 0.25) is 0 Å². The molecule has 2 heteroatoms. The van der Waals surface area contributed by atoms with Crippen LogP contribution >= 0.6 is 0 Å². The van der Waals surface area contributed by atoms with Gasteiger partial charge in [-0.2, -0.15) is 0 Å². The van der Waals surface area contributed by atoms with Gasteiger partial charge in [0.25, 0.3) is 0 Å². The van der Waals surface area contributed by atoms with E-state index in [1.807, 2.05) is 12.1 Å². The third-order valence-corrected chi connectivity index (χ3v) is 6.96. The average Bonchev–Trinajstić information content (AvgIpc) is 3.05. The second-order valence-corrected chi connectivity index (χ2v) is 11.4. The number of hydrogen-bond donors (Lipinski definition) is 2. The third kappa shape index (κ3) is 3.32. The van der Waals surface area contributed by atoms with Gasteiger partial charge in [0.1, 0.15) is 0 Å². The topological polar surface area (TPSA) is 47.7 Å². The summed E-state index contributed by atoms with van der Waals surface area (Å²) in [6, 6.07) is 25.7. The van der Waals surface area contributed by atoms with E-state index in [1.165, 1.54) is 16.7 Å². The van der Waals surface area contributed by atoms with Crippen molar-refractivity contribution in [3.8, 4) is 22.3 Å². The zero-order valence-electron chi connectivity index (χ0n) is 20.9. The van der Waals surface area contributed by atoms with Crippen LogP contribution in [0.15, 0.2) is 72.8 Å². The maximum absolute atomic E-state index is 9.05. The van der Waals surface area contributed by atoms with Gasteiger partial charge >= 0.3 is 0 Å². The van der Waals surface area contributed by atoms with Crippen LogP contribution in [0.1, 0.15) is 63.8 Å². The molecule has 0 amide bonds. The lowest BCUT2D eigenvalue weighted by Gasteiger charge is -2.28. The normalized spacial score (nSPS) is 13.7. The first-order chi connectivity index (χ1) is 16.0. The monoisotopic (exact) mass is 444 g/mol. The fraction of sp³-hybridized carbons (Fsp3) is 0.250. The minimum absolute atomic E-state index is 0.0330. The SMILES string of the molecule is CC(C)(C)c1ccccc1-c1cc2cccc3c2c(c1-c1ccccc1C(C)(C)C)C(=N)C3=N. The van der Waals surface area contributed by atoms with Gasteiger partial charge < -0.3 is 0 Å². The maximum atomic E-state index is 9.05. The summed E-state index contributed by atoms with van der Waals surface area (Å²) >= 11 is 0. The Bertz CT molecular complexity index is 1490. The molecule has 4 aromatic carbocycles. The van der Waals surface area contributed by atoms with Crippen molar-refractivity contribution in [2.24, 2.45) is 0 Å². The van der Waals surface area contributed by atoms with Crippen LogP contribution in [0, 0.1) is 10.8 Å². The molecule has 4 aromatic rings. The van der Waals surface area contributed by atoms with Crippen molar-refractivity contribution in [1.29, 1.82) is 10.8 Å². The van der Waals surface area contributed by atoms with Gasteiger partial charge in [-0.25, -0.2) is 0 Å². The largest absolute Gasteiger partial charge is 0.298 e. The zero-order chi connectivity index (χ0) is 24.4. The first-order valence-electron chi connectivity index (χ1n) is 12.0. The van der Waals surface area contributed by atoms with E-state index in [2.05, 4.69) is 102 Å². The molecule has 1 aliphatic rings. The first-order valence-corrected chi connectivity index (χ1v) is 12.0. The summed E-state index contributed by atoms with van der Waals surface area (Å²) in [7, 11) is 0. The molecule has 0 saturated heterocycles. The Kier molecular flexibility index (Phi) is 4.91. The van der Waals surface area contributed by atoms with Gasteiger partial charge in [-0.3, -0.25) is 10.8 Å². The summed E-state index contributed by atoms with van der Waals surface area (Å²) in [6.45, 7) is 13.5. The molecule has 170 valence electrons. The van der Waals surface area contributed by atoms with Crippen LogP contribution in [0.3, 0.4) is 0 Å². The van der Waals surface area contributed by atoms with Crippen LogP contribution in [-0.4, -0.2) is 11.4 Å². The molecule has 34 heavy (non-hydrogen) atoms. The summed E-state index contributed by atoms with van der Waals surface area (Å²) < 4.78 is 0. The molecule has 0 saturated carbocycles. The van der Waals surface area contributed by atoms with Gasteiger partial charge in [-0.15, -0.1) is 0 Å². The van der Waals surface area contributed by atoms with Crippen LogP contribution in [0.25, 0.3) is 33.0 Å². The standard InChI is InChI=1S/C32H32N2/c1-31(2,3)24-16-9-7-13-20(24)23-18-19-12-11-15-22-26(19)28(30(34)29(22)33)27(23)21-14-8-10-17-25(21)32(4,5)6/h7-18,33-34H,1-6H3. The highest BCUT2D eigenvalue weighted by Gasteiger charge is 2.32. The highest BCUT2D eigenvalue weighted by Crippen LogP contribution is 2.48. The molecule has 0 heterocycles.